The SMILES string of the molecule is OB1OCCO1.[H-].[Na+]. The third-order valence-electron chi connectivity index (χ3n) is 0.604. The molecule has 36 valence electrons. The largest absolute Gasteiger partial charge is 1.00 e. The van der Waals surface area contributed by atoms with Crippen molar-refractivity contribution in [2.75, 3.05) is 13.2 Å². The summed E-state index contributed by atoms with van der Waals surface area (Å²) in [6.45, 7) is 1.03. The first-order valence-electron chi connectivity index (χ1n) is 1.81. The molecule has 0 unspecified atom stereocenters. The molecular formula is C2H6BNaO3. The van der Waals surface area contributed by atoms with Crippen molar-refractivity contribution in [3.05, 3.63) is 0 Å². The Bertz CT molecular complexity index is 50.5. The zero-order valence-corrected chi connectivity index (χ0v) is 6.26. The summed E-state index contributed by atoms with van der Waals surface area (Å²) >= 11 is 0. The zero-order valence-electron chi connectivity index (χ0n) is 5.26. The molecule has 0 spiro atoms. The van der Waals surface area contributed by atoms with Gasteiger partial charge in [0.2, 0.25) is 0 Å². The van der Waals surface area contributed by atoms with E-state index in [2.05, 4.69) is 9.31 Å². The maximum Gasteiger partial charge on any atom is 1.00 e. The summed E-state index contributed by atoms with van der Waals surface area (Å²) in [6, 6.07) is 0. The molecule has 3 nitrogen and oxygen atoms in total. The van der Waals surface area contributed by atoms with Gasteiger partial charge in [0.25, 0.3) is 0 Å². The standard InChI is InChI=1S/C2H5BO3.Na.H/c4-3-5-1-2-6-3;;/h4H,1-2H2;;/q;+1;-1. The Morgan fingerprint density at radius 2 is 1.86 bits per heavy atom. The van der Waals surface area contributed by atoms with Crippen molar-refractivity contribution in [3.8, 4) is 0 Å². The molecule has 1 saturated heterocycles. The van der Waals surface area contributed by atoms with Crippen LogP contribution in [0, 0.1) is 0 Å². The van der Waals surface area contributed by atoms with Crippen molar-refractivity contribution in [3.63, 3.8) is 0 Å². The summed E-state index contributed by atoms with van der Waals surface area (Å²) in [5.41, 5.74) is 0. The van der Waals surface area contributed by atoms with Gasteiger partial charge in [0, 0.05) is 0 Å². The Hall–Kier alpha value is 0.945. The second kappa shape index (κ2) is 3.89. The van der Waals surface area contributed by atoms with Crippen molar-refractivity contribution in [1.29, 1.82) is 0 Å². The third-order valence-corrected chi connectivity index (χ3v) is 0.604. The van der Waals surface area contributed by atoms with E-state index in [0.717, 1.165) is 0 Å². The third kappa shape index (κ3) is 2.69. The van der Waals surface area contributed by atoms with Crippen LogP contribution in [0.2, 0.25) is 0 Å². The molecule has 1 heterocycles. The van der Waals surface area contributed by atoms with E-state index in [0.29, 0.717) is 13.2 Å². The summed E-state index contributed by atoms with van der Waals surface area (Å²) in [5.74, 6) is 0. The fraction of sp³-hybridized carbons (Fsp3) is 1.00. The quantitative estimate of drug-likeness (QED) is 0.326. The fourth-order valence-corrected chi connectivity index (χ4v) is 0.346. The molecule has 5 heteroatoms. The Balaban J connectivity index is 0. The normalized spacial score (nSPS) is 19.3. The molecule has 0 atom stereocenters. The van der Waals surface area contributed by atoms with Gasteiger partial charge >= 0.3 is 36.9 Å². The van der Waals surface area contributed by atoms with Crippen LogP contribution in [0.5, 0.6) is 0 Å². The molecule has 0 aromatic rings. The Kier molecular flexibility index (Phi) is 4.41. The first-order chi connectivity index (χ1) is 2.89. The first-order valence-corrected chi connectivity index (χ1v) is 1.81. The molecule has 0 bridgehead atoms. The molecule has 1 aliphatic rings. The van der Waals surface area contributed by atoms with E-state index in [4.69, 9.17) is 5.02 Å². The molecule has 1 aliphatic heterocycles. The molecule has 0 aliphatic carbocycles. The van der Waals surface area contributed by atoms with E-state index in [1.807, 2.05) is 0 Å². The van der Waals surface area contributed by atoms with E-state index in [1.165, 1.54) is 0 Å². The maximum atomic E-state index is 8.28. The van der Waals surface area contributed by atoms with E-state index < -0.39 is 7.32 Å². The van der Waals surface area contributed by atoms with Gasteiger partial charge in [-0.25, -0.2) is 0 Å². The molecule has 0 aromatic heterocycles. The monoisotopic (exact) mass is 112 g/mol. The molecule has 1 fully saturated rings. The molecule has 0 amide bonds. The molecule has 0 saturated carbocycles. The van der Waals surface area contributed by atoms with Gasteiger partial charge in [0.05, 0.1) is 13.2 Å². The predicted molar refractivity (Wildman–Crippen MR) is 21.0 cm³/mol. The van der Waals surface area contributed by atoms with Gasteiger partial charge in [-0.05, 0) is 0 Å². The van der Waals surface area contributed by atoms with Gasteiger partial charge in [-0.2, -0.15) is 0 Å². The summed E-state index contributed by atoms with van der Waals surface area (Å²) in [6.07, 6.45) is 0. The number of rotatable bonds is 0. The topological polar surface area (TPSA) is 38.7 Å². The van der Waals surface area contributed by atoms with Crippen molar-refractivity contribution < 1.29 is 45.3 Å². The first kappa shape index (κ1) is 7.94. The van der Waals surface area contributed by atoms with E-state index in [1.54, 1.807) is 0 Å². The molecule has 0 radical (unpaired) electrons. The minimum atomic E-state index is -0.954. The van der Waals surface area contributed by atoms with Crippen molar-refractivity contribution in [2.45, 2.75) is 0 Å². The van der Waals surface area contributed by atoms with Crippen LogP contribution < -0.4 is 29.6 Å². The fourth-order valence-electron chi connectivity index (χ4n) is 0.346. The van der Waals surface area contributed by atoms with Crippen LogP contribution in [-0.2, 0) is 9.31 Å². The zero-order chi connectivity index (χ0) is 4.41. The summed E-state index contributed by atoms with van der Waals surface area (Å²) < 4.78 is 8.97. The van der Waals surface area contributed by atoms with Crippen LogP contribution >= 0.6 is 0 Å². The smallest absolute Gasteiger partial charge is 1.00 e. The van der Waals surface area contributed by atoms with E-state index >= 15 is 0 Å². The minimum Gasteiger partial charge on any atom is -1.00 e. The van der Waals surface area contributed by atoms with Gasteiger partial charge in [-0.3, -0.25) is 0 Å². The average molecular weight is 112 g/mol. The molecule has 0 aromatic carbocycles. The summed E-state index contributed by atoms with van der Waals surface area (Å²) in [5, 5.41) is 8.28. The van der Waals surface area contributed by atoms with Crippen LogP contribution in [0.3, 0.4) is 0 Å². The maximum absolute atomic E-state index is 8.28. The summed E-state index contributed by atoms with van der Waals surface area (Å²) in [4.78, 5) is 0. The molecular weight excluding hydrogens is 106 g/mol. The van der Waals surface area contributed by atoms with Crippen molar-refractivity contribution in [2.24, 2.45) is 0 Å². The minimum absolute atomic E-state index is 0. The number of hydrogen-bond donors (Lipinski definition) is 1. The van der Waals surface area contributed by atoms with Crippen molar-refractivity contribution in [1.82, 2.24) is 0 Å². The second-order valence-electron chi connectivity index (χ2n) is 1.05. The van der Waals surface area contributed by atoms with Crippen LogP contribution in [0.25, 0.3) is 0 Å². The van der Waals surface area contributed by atoms with Gasteiger partial charge < -0.3 is 15.8 Å². The molecule has 7 heavy (non-hydrogen) atoms. The van der Waals surface area contributed by atoms with Crippen molar-refractivity contribution >= 4 is 7.32 Å². The van der Waals surface area contributed by atoms with Gasteiger partial charge in [0.15, 0.2) is 0 Å². The van der Waals surface area contributed by atoms with Gasteiger partial charge in [-0.1, -0.05) is 0 Å². The summed E-state index contributed by atoms with van der Waals surface area (Å²) in [7, 11) is -0.954. The van der Waals surface area contributed by atoms with Crippen LogP contribution in [-0.4, -0.2) is 25.6 Å². The second-order valence-corrected chi connectivity index (χ2v) is 1.05. The Labute approximate surface area is 65.9 Å². The predicted octanol–water partition coefficient (Wildman–Crippen LogP) is -3.87. The Morgan fingerprint density at radius 1 is 1.43 bits per heavy atom. The molecule has 1 rings (SSSR count). The Morgan fingerprint density at radius 3 is 2.00 bits per heavy atom. The number of hydrogen-bond acceptors (Lipinski definition) is 3. The average Bonchev–Trinajstić information content (AvgIpc) is 1.86. The van der Waals surface area contributed by atoms with Crippen LogP contribution in [0.1, 0.15) is 1.43 Å². The van der Waals surface area contributed by atoms with E-state index in [9.17, 15) is 0 Å². The van der Waals surface area contributed by atoms with Crippen LogP contribution in [0.15, 0.2) is 0 Å². The molecule has 1 N–H and O–H groups in total. The van der Waals surface area contributed by atoms with Crippen LogP contribution in [0.4, 0.5) is 0 Å². The van der Waals surface area contributed by atoms with E-state index in [-0.39, 0.29) is 31.0 Å². The van der Waals surface area contributed by atoms with Gasteiger partial charge in [0.1, 0.15) is 0 Å². The van der Waals surface area contributed by atoms with Gasteiger partial charge in [-0.15, -0.1) is 0 Å².